The molecule has 0 aliphatic heterocycles. The maximum atomic E-state index is 12.3. The van der Waals surface area contributed by atoms with Crippen molar-refractivity contribution in [1.82, 2.24) is 5.32 Å². The van der Waals surface area contributed by atoms with E-state index >= 15 is 0 Å². The topological polar surface area (TPSA) is 29.1 Å². The van der Waals surface area contributed by atoms with Gasteiger partial charge in [0.05, 0.1) is 0 Å². The molecular weight excluding hydrogens is 290 g/mol. The summed E-state index contributed by atoms with van der Waals surface area (Å²) in [7, 11) is 0. The second kappa shape index (κ2) is 5.15. The van der Waals surface area contributed by atoms with Crippen LogP contribution in [0.2, 0.25) is 0 Å². The van der Waals surface area contributed by atoms with Crippen molar-refractivity contribution in [1.29, 1.82) is 0 Å². The highest BCUT2D eigenvalue weighted by Gasteiger charge is 2.41. The van der Waals surface area contributed by atoms with Gasteiger partial charge in [-0.1, -0.05) is 35.2 Å². The Morgan fingerprint density at radius 2 is 2.00 bits per heavy atom. The zero-order valence-electron chi connectivity index (χ0n) is 11.1. The first-order valence-electron chi connectivity index (χ1n) is 7.58. The van der Waals surface area contributed by atoms with E-state index in [-0.39, 0.29) is 5.54 Å². The van der Waals surface area contributed by atoms with Crippen LogP contribution < -0.4 is 5.32 Å². The molecule has 0 radical (unpaired) electrons. The van der Waals surface area contributed by atoms with Gasteiger partial charge >= 0.3 is 0 Å². The molecule has 3 aliphatic carbocycles. The van der Waals surface area contributed by atoms with E-state index in [4.69, 9.17) is 0 Å². The predicted octanol–water partition coefficient (Wildman–Crippen LogP) is 3.64. The first-order chi connectivity index (χ1) is 8.71. The van der Waals surface area contributed by atoms with Crippen LogP contribution in [0.3, 0.4) is 0 Å². The van der Waals surface area contributed by atoms with E-state index < -0.39 is 0 Å². The monoisotopic (exact) mass is 313 g/mol. The number of halogens is 1. The molecule has 1 N–H and O–H groups in total. The van der Waals surface area contributed by atoms with Crippen LogP contribution in [-0.4, -0.2) is 16.8 Å². The van der Waals surface area contributed by atoms with Gasteiger partial charge in [-0.05, 0) is 49.9 Å². The van der Waals surface area contributed by atoms with Gasteiger partial charge in [0.2, 0.25) is 5.91 Å². The van der Waals surface area contributed by atoms with Gasteiger partial charge in [0.1, 0.15) is 0 Å². The van der Waals surface area contributed by atoms with E-state index in [1.807, 2.05) is 0 Å². The summed E-state index contributed by atoms with van der Waals surface area (Å²) in [6.07, 6.45) is 11.2. The summed E-state index contributed by atoms with van der Waals surface area (Å²) in [6.45, 7) is 0. The van der Waals surface area contributed by atoms with Gasteiger partial charge in [-0.3, -0.25) is 4.79 Å². The molecule has 3 heteroatoms. The SMILES string of the molecule is O=C(CC1CC2CCC1C2)NC1(CBr)CCCC1. The zero-order valence-corrected chi connectivity index (χ0v) is 12.7. The molecule has 2 bridgehead atoms. The summed E-state index contributed by atoms with van der Waals surface area (Å²) >= 11 is 3.59. The molecule has 3 aliphatic rings. The minimum absolute atomic E-state index is 0.0781. The van der Waals surface area contributed by atoms with Crippen molar-refractivity contribution < 1.29 is 4.79 Å². The lowest BCUT2D eigenvalue weighted by atomic mass is 9.86. The number of carbonyl (C=O) groups excluding carboxylic acids is 1. The number of fused-ring (bicyclic) bond motifs is 2. The van der Waals surface area contributed by atoms with Crippen LogP contribution in [0.15, 0.2) is 0 Å². The third-order valence-corrected chi connectivity index (χ3v) is 6.63. The lowest BCUT2D eigenvalue weighted by Gasteiger charge is -2.30. The van der Waals surface area contributed by atoms with Crippen molar-refractivity contribution >= 4 is 21.8 Å². The van der Waals surface area contributed by atoms with Crippen molar-refractivity contribution in [2.75, 3.05) is 5.33 Å². The number of amides is 1. The lowest BCUT2D eigenvalue weighted by molar-refractivity contribution is -0.124. The molecule has 3 fully saturated rings. The van der Waals surface area contributed by atoms with Crippen LogP contribution in [0.4, 0.5) is 0 Å². The third kappa shape index (κ3) is 2.48. The Morgan fingerprint density at radius 1 is 1.22 bits per heavy atom. The Labute approximate surface area is 118 Å². The van der Waals surface area contributed by atoms with Gasteiger partial charge in [-0.15, -0.1) is 0 Å². The number of hydrogen-bond acceptors (Lipinski definition) is 1. The summed E-state index contributed by atoms with van der Waals surface area (Å²) in [5.41, 5.74) is 0.0781. The molecule has 18 heavy (non-hydrogen) atoms. The smallest absolute Gasteiger partial charge is 0.220 e. The quantitative estimate of drug-likeness (QED) is 0.789. The lowest BCUT2D eigenvalue weighted by Crippen LogP contribution is -2.48. The van der Waals surface area contributed by atoms with E-state index in [1.165, 1.54) is 38.5 Å². The van der Waals surface area contributed by atoms with Crippen molar-refractivity contribution in [3.8, 4) is 0 Å². The highest BCUT2D eigenvalue weighted by Crippen LogP contribution is 2.49. The molecule has 3 saturated carbocycles. The van der Waals surface area contributed by atoms with E-state index in [2.05, 4.69) is 21.2 Å². The highest BCUT2D eigenvalue weighted by molar-refractivity contribution is 9.09. The fourth-order valence-corrected chi connectivity index (χ4v) is 5.26. The minimum atomic E-state index is 0.0781. The molecule has 0 spiro atoms. The fraction of sp³-hybridized carbons (Fsp3) is 0.933. The Kier molecular flexibility index (Phi) is 3.70. The maximum absolute atomic E-state index is 12.3. The average molecular weight is 314 g/mol. The van der Waals surface area contributed by atoms with Crippen LogP contribution in [-0.2, 0) is 4.79 Å². The molecule has 3 atom stereocenters. The maximum Gasteiger partial charge on any atom is 0.220 e. The van der Waals surface area contributed by atoms with Crippen molar-refractivity contribution in [3.05, 3.63) is 0 Å². The van der Waals surface area contributed by atoms with Gasteiger partial charge in [-0.25, -0.2) is 0 Å². The first kappa shape index (κ1) is 13.0. The molecule has 0 aromatic carbocycles. The second-order valence-corrected chi connectivity index (χ2v) is 7.37. The average Bonchev–Trinajstić information content (AvgIpc) is 3.04. The Hall–Kier alpha value is -0.0500. The fourth-order valence-electron chi connectivity index (χ4n) is 4.56. The molecule has 1 amide bonds. The van der Waals surface area contributed by atoms with Gasteiger partial charge in [0.15, 0.2) is 0 Å². The van der Waals surface area contributed by atoms with Gasteiger partial charge in [0.25, 0.3) is 0 Å². The van der Waals surface area contributed by atoms with Crippen molar-refractivity contribution in [3.63, 3.8) is 0 Å². The molecule has 0 heterocycles. The van der Waals surface area contributed by atoms with Gasteiger partial charge < -0.3 is 5.32 Å². The van der Waals surface area contributed by atoms with Crippen LogP contribution in [0.5, 0.6) is 0 Å². The number of rotatable bonds is 4. The van der Waals surface area contributed by atoms with Crippen molar-refractivity contribution in [2.24, 2.45) is 17.8 Å². The summed E-state index contributed by atoms with van der Waals surface area (Å²) in [6, 6.07) is 0. The van der Waals surface area contributed by atoms with Crippen LogP contribution in [0.25, 0.3) is 0 Å². The largest absolute Gasteiger partial charge is 0.350 e. The third-order valence-electron chi connectivity index (χ3n) is 5.55. The van der Waals surface area contributed by atoms with Crippen LogP contribution in [0.1, 0.15) is 57.8 Å². The number of nitrogens with one attached hydrogen (secondary N) is 1. The second-order valence-electron chi connectivity index (χ2n) is 6.81. The number of carbonyl (C=O) groups is 1. The standard InChI is InChI=1S/C15H24BrNO/c16-10-15(5-1-2-6-15)17-14(18)9-13-8-11-3-4-12(13)7-11/h11-13H,1-10H2,(H,17,18). The summed E-state index contributed by atoms with van der Waals surface area (Å²) < 4.78 is 0. The molecule has 0 aromatic rings. The van der Waals surface area contributed by atoms with Crippen LogP contribution in [0, 0.1) is 17.8 Å². The molecule has 0 saturated heterocycles. The van der Waals surface area contributed by atoms with Crippen LogP contribution >= 0.6 is 15.9 Å². The van der Waals surface area contributed by atoms with E-state index in [0.717, 1.165) is 36.4 Å². The highest BCUT2D eigenvalue weighted by atomic mass is 79.9. The Bertz CT molecular complexity index is 324. The Balaban J connectivity index is 1.52. The molecule has 2 nitrogen and oxygen atoms in total. The summed E-state index contributed by atoms with van der Waals surface area (Å²) in [4.78, 5) is 12.3. The molecule has 3 unspecified atom stereocenters. The predicted molar refractivity (Wildman–Crippen MR) is 76.7 cm³/mol. The number of alkyl halides is 1. The molecule has 3 rings (SSSR count). The zero-order chi connectivity index (χ0) is 12.6. The van der Waals surface area contributed by atoms with E-state index in [1.54, 1.807) is 0 Å². The first-order valence-corrected chi connectivity index (χ1v) is 8.70. The number of hydrogen-bond donors (Lipinski definition) is 1. The summed E-state index contributed by atoms with van der Waals surface area (Å²) in [5.74, 6) is 2.82. The Morgan fingerprint density at radius 3 is 2.56 bits per heavy atom. The van der Waals surface area contributed by atoms with Crippen molar-refractivity contribution in [2.45, 2.75) is 63.3 Å². The normalized spacial score (nSPS) is 37.1. The van der Waals surface area contributed by atoms with E-state index in [9.17, 15) is 4.79 Å². The molecule has 0 aromatic heterocycles. The summed E-state index contributed by atoms with van der Waals surface area (Å²) in [5, 5.41) is 4.26. The minimum Gasteiger partial charge on any atom is -0.350 e. The van der Waals surface area contributed by atoms with Gasteiger partial charge in [-0.2, -0.15) is 0 Å². The molecular formula is C15H24BrNO. The van der Waals surface area contributed by atoms with E-state index in [0.29, 0.717) is 11.8 Å². The molecule has 102 valence electrons. The van der Waals surface area contributed by atoms with Gasteiger partial charge in [0, 0.05) is 17.3 Å².